The molecule has 1 atom stereocenters. The van der Waals surface area contributed by atoms with Crippen LogP contribution in [0.4, 0.5) is 0 Å². The summed E-state index contributed by atoms with van der Waals surface area (Å²) in [5, 5.41) is 2.92. The van der Waals surface area contributed by atoms with Crippen molar-refractivity contribution >= 4 is 11.8 Å². The molecule has 0 radical (unpaired) electrons. The van der Waals surface area contributed by atoms with E-state index in [0.29, 0.717) is 18.8 Å². The van der Waals surface area contributed by atoms with E-state index in [4.69, 9.17) is 0 Å². The molecular formula is C20H26N4O2. The van der Waals surface area contributed by atoms with E-state index in [2.05, 4.69) is 15.3 Å². The van der Waals surface area contributed by atoms with Gasteiger partial charge >= 0.3 is 0 Å². The largest absolute Gasteiger partial charge is 0.356 e. The lowest BCUT2D eigenvalue weighted by molar-refractivity contribution is -0.121. The van der Waals surface area contributed by atoms with Gasteiger partial charge in [0.2, 0.25) is 5.91 Å². The Hall–Kier alpha value is -2.76. The molecule has 1 aromatic carbocycles. The summed E-state index contributed by atoms with van der Waals surface area (Å²) < 4.78 is 0. The van der Waals surface area contributed by atoms with Gasteiger partial charge in [0.05, 0.1) is 6.20 Å². The SMILES string of the molecule is CCC(C)N(CCC(=O)NCCc1ccccc1)C(=O)c1cnccn1. The number of hydrogen-bond donors (Lipinski definition) is 1. The number of rotatable bonds is 9. The fourth-order valence-electron chi connectivity index (χ4n) is 2.60. The van der Waals surface area contributed by atoms with E-state index >= 15 is 0 Å². The lowest BCUT2D eigenvalue weighted by Gasteiger charge is -2.28. The van der Waals surface area contributed by atoms with Crippen molar-refractivity contribution in [2.75, 3.05) is 13.1 Å². The minimum Gasteiger partial charge on any atom is -0.356 e. The predicted molar refractivity (Wildman–Crippen MR) is 101 cm³/mol. The van der Waals surface area contributed by atoms with E-state index in [1.54, 1.807) is 4.90 Å². The molecule has 0 fully saturated rings. The number of benzene rings is 1. The second-order valence-electron chi connectivity index (χ2n) is 6.18. The number of hydrogen-bond acceptors (Lipinski definition) is 4. The molecule has 0 aliphatic heterocycles. The van der Waals surface area contributed by atoms with Crippen LogP contribution in [0.3, 0.4) is 0 Å². The van der Waals surface area contributed by atoms with E-state index in [1.807, 2.05) is 44.2 Å². The first-order chi connectivity index (χ1) is 12.6. The minimum absolute atomic E-state index is 0.0293. The number of amides is 2. The van der Waals surface area contributed by atoms with Crippen molar-refractivity contribution in [1.82, 2.24) is 20.2 Å². The first-order valence-electron chi connectivity index (χ1n) is 8.99. The molecule has 0 saturated carbocycles. The number of carbonyl (C=O) groups excluding carboxylic acids is 2. The van der Waals surface area contributed by atoms with Gasteiger partial charge in [-0.15, -0.1) is 0 Å². The Morgan fingerprint density at radius 3 is 2.62 bits per heavy atom. The lowest BCUT2D eigenvalue weighted by Crippen LogP contribution is -2.41. The smallest absolute Gasteiger partial charge is 0.274 e. The third kappa shape index (κ3) is 5.95. The van der Waals surface area contributed by atoms with Crippen LogP contribution in [-0.4, -0.2) is 45.8 Å². The number of nitrogens with one attached hydrogen (secondary N) is 1. The van der Waals surface area contributed by atoms with Gasteiger partial charge in [-0.1, -0.05) is 37.3 Å². The van der Waals surface area contributed by atoms with E-state index in [9.17, 15) is 9.59 Å². The van der Waals surface area contributed by atoms with Crippen LogP contribution in [0.5, 0.6) is 0 Å². The highest BCUT2D eigenvalue weighted by atomic mass is 16.2. The van der Waals surface area contributed by atoms with Crippen molar-refractivity contribution in [1.29, 1.82) is 0 Å². The number of aromatic nitrogens is 2. The quantitative estimate of drug-likeness (QED) is 0.751. The summed E-state index contributed by atoms with van der Waals surface area (Å²) in [6.45, 7) is 4.94. The van der Waals surface area contributed by atoms with Crippen molar-refractivity contribution in [2.24, 2.45) is 0 Å². The second kappa shape index (κ2) is 10.3. The minimum atomic E-state index is -0.190. The Bertz CT molecular complexity index is 691. The van der Waals surface area contributed by atoms with Crippen LogP contribution in [0.1, 0.15) is 42.7 Å². The van der Waals surface area contributed by atoms with Gasteiger partial charge in [0, 0.05) is 37.9 Å². The number of nitrogens with zero attached hydrogens (tertiary/aromatic N) is 3. The van der Waals surface area contributed by atoms with Crippen molar-refractivity contribution in [3.05, 3.63) is 60.2 Å². The van der Waals surface area contributed by atoms with Gasteiger partial charge < -0.3 is 10.2 Å². The van der Waals surface area contributed by atoms with E-state index in [-0.39, 0.29) is 24.3 Å². The van der Waals surface area contributed by atoms with Crippen LogP contribution in [0.25, 0.3) is 0 Å². The van der Waals surface area contributed by atoms with Crippen LogP contribution in [0.2, 0.25) is 0 Å². The Morgan fingerprint density at radius 2 is 1.96 bits per heavy atom. The molecule has 2 amide bonds. The van der Waals surface area contributed by atoms with Crippen molar-refractivity contribution in [3.8, 4) is 0 Å². The molecule has 1 N–H and O–H groups in total. The van der Waals surface area contributed by atoms with Crippen LogP contribution < -0.4 is 5.32 Å². The van der Waals surface area contributed by atoms with Crippen LogP contribution in [-0.2, 0) is 11.2 Å². The summed E-state index contributed by atoms with van der Waals surface area (Å²) in [5.74, 6) is -0.245. The highest BCUT2D eigenvalue weighted by Crippen LogP contribution is 2.09. The third-order valence-electron chi connectivity index (χ3n) is 4.32. The molecule has 0 aliphatic carbocycles. The molecule has 138 valence electrons. The summed E-state index contributed by atoms with van der Waals surface area (Å²) in [7, 11) is 0. The fraction of sp³-hybridized carbons (Fsp3) is 0.400. The summed E-state index contributed by atoms with van der Waals surface area (Å²) in [6.07, 6.45) is 6.35. The standard InChI is InChI=1S/C20H26N4O2/c1-3-16(2)24(20(26)18-15-21-12-13-22-18)14-10-19(25)23-11-9-17-7-5-4-6-8-17/h4-8,12-13,15-16H,3,9-11,14H2,1-2H3,(H,23,25). The molecule has 1 unspecified atom stereocenters. The Morgan fingerprint density at radius 1 is 1.19 bits per heavy atom. The molecule has 0 saturated heterocycles. The molecule has 26 heavy (non-hydrogen) atoms. The summed E-state index contributed by atoms with van der Waals surface area (Å²) in [6, 6.07) is 10.0. The molecule has 2 rings (SSSR count). The molecule has 1 heterocycles. The maximum absolute atomic E-state index is 12.6. The molecule has 6 heteroatoms. The maximum Gasteiger partial charge on any atom is 0.274 e. The maximum atomic E-state index is 12.6. The zero-order chi connectivity index (χ0) is 18.8. The zero-order valence-electron chi connectivity index (χ0n) is 15.4. The summed E-state index contributed by atoms with van der Waals surface area (Å²) >= 11 is 0. The average Bonchev–Trinajstić information content (AvgIpc) is 2.69. The molecule has 1 aromatic heterocycles. The van der Waals surface area contributed by atoms with Gasteiger partial charge in [-0.3, -0.25) is 14.6 Å². The van der Waals surface area contributed by atoms with Gasteiger partial charge in [-0.25, -0.2) is 4.98 Å². The van der Waals surface area contributed by atoms with Crippen LogP contribution in [0.15, 0.2) is 48.9 Å². The molecule has 0 spiro atoms. The van der Waals surface area contributed by atoms with Gasteiger partial charge in [0.15, 0.2) is 0 Å². The first-order valence-corrected chi connectivity index (χ1v) is 8.99. The van der Waals surface area contributed by atoms with Crippen LogP contribution in [0, 0.1) is 0 Å². The molecule has 2 aromatic rings. The monoisotopic (exact) mass is 354 g/mol. The summed E-state index contributed by atoms with van der Waals surface area (Å²) in [5.41, 5.74) is 1.49. The average molecular weight is 354 g/mol. The van der Waals surface area contributed by atoms with Gasteiger partial charge in [-0.05, 0) is 25.3 Å². The van der Waals surface area contributed by atoms with Crippen LogP contribution >= 0.6 is 0 Å². The summed E-state index contributed by atoms with van der Waals surface area (Å²) in [4.78, 5) is 34.5. The van der Waals surface area contributed by atoms with E-state index in [1.165, 1.54) is 24.2 Å². The topological polar surface area (TPSA) is 75.2 Å². The Balaban J connectivity index is 1.84. The van der Waals surface area contributed by atoms with Gasteiger partial charge in [-0.2, -0.15) is 0 Å². The highest BCUT2D eigenvalue weighted by molar-refractivity contribution is 5.92. The van der Waals surface area contributed by atoms with E-state index < -0.39 is 0 Å². The zero-order valence-corrected chi connectivity index (χ0v) is 15.4. The predicted octanol–water partition coefficient (Wildman–Crippen LogP) is 2.47. The van der Waals surface area contributed by atoms with E-state index in [0.717, 1.165) is 12.8 Å². The first kappa shape index (κ1) is 19.6. The molecule has 0 aliphatic rings. The molecule has 6 nitrogen and oxygen atoms in total. The third-order valence-corrected chi connectivity index (χ3v) is 4.32. The van der Waals surface area contributed by atoms with Crippen molar-refractivity contribution < 1.29 is 9.59 Å². The molecule has 0 bridgehead atoms. The van der Waals surface area contributed by atoms with Gasteiger partial charge in [0.1, 0.15) is 5.69 Å². The normalized spacial score (nSPS) is 11.6. The fourth-order valence-corrected chi connectivity index (χ4v) is 2.60. The second-order valence-corrected chi connectivity index (χ2v) is 6.18. The Labute approximate surface area is 154 Å². The molecular weight excluding hydrogens is 328 g/mol. The highest BCUT2D eigenvalue weighted by Gasteiger charge is 2.22. The Kier molecular flexibility index (Phi) is 7.74. The lowest BCUT2D eigenvalue weighted by atomic mass is 10.1. The number of carbonyl (C=O) groups is 2. The van der Waals surface area contributed by atoms with Crippen molar-refractivity contribution in [2.45, 2.75) is 39.2 Å². The van der Waals surface area contributed by atoms with Gasteiger partial charge in [0.25, 0.3) is 5.91 Å². The van der Waals surface area contributed by atoms with Crippen molar-refractivity contribution in [3.63, 3.8) is 0 Å².